The highest BCUT2D eigenvalue weighted by atomic mass is 35.5. The number of nitrogen functional groups attached to an aromatic ring is 1. The summed E-state index contributed by atoms with van der Waals surface area (Å²) in [6, 6.07) is 1.62. The number of pyridine rings is 1. The largest absolute Gasteiger partial charge is 0.489 e. The standard InChI is InChI=1S/C17H26ClN3O3/c1-16(2,3)24-15(22)21-7-6-11(9-17(21,4)5)23-13-8-14(19)20-10-12(13)18/h8,10-11H,6-7,9H2,1-5H3,(H2,19,20). The number of nitrogens with two attached hydrogens (primary N) is 1. The van der Waals surface area contributed by atoms with Gasteiger partial charge in [0.2, 0.25) is 0 Å². The Balaban J connectivity index is 2.05. The summed E-state index contributed by atoms with van der Waals surface area (Å²) in [5, 5.41) is 0.427. The Kier molecular flexibility index (Phi) is 5.18. The maximum absolute atomic E-state index is 12.4. The Labute approximate surface area is 148 Å². The van der Waals surface area contributed by atoms with Gasteiger partial charge in [0.25, 0.3) is 0 Å². The molecule has 2 heterocycles. The van der Waals surface area contributed by atoms with Crippen molar-refractivity contribution >= 4 is 23.5 Å². The molecular formula is C17H26ClN3O3. The fraction of sp³-hybridized carbons (Fsp3) is 0.647. The monoisotopic (exact) mass is 355 g/mol. The van der Waals surface area contributed by atoms with Crippen molar-refractivity contribution in [2.24, 2.45) is 0 Å². The quantitative estimate of drug-likeness (QED) is 0.871. The first-order valence-electron chi connectivity index (χ1n) is 8.06. The van der Waals surface area contributed by atoms with Crippen molar-refractivity contribution in [2.75, 3.05) is 12.3 Å². The van der Waals surface area contributed by atoms with Crippen LogP contribution in [0.15, 0.2) is 12.3 Å². The lowest BCUT2D eigenvalue weighted by Gasteiger charge is -2.45. The first-order valence-corrected chi connectivity index (χ1v) is 8.44. The predicted octanol–water partition coefficient (Wildman–Crippen LogP) is 3.87. The average molecular weight is 356 g/mol. The molecule has 1 saturated heterocycles. The predicted molar refractivity (Wildman–Crippen MR) is 94.3 cm³/mol. The third kappa shape index (κ3) is 4.66. The van der Waals surface area contributed by atoms with Crippen LogP contribution in [0.25, 0.3) is 0 Å². The fourth-order valence-corrected chi connectivity index (χ4v) is 2.95. The molecule has 24 heavy (non-hydrogen) atoms. The lowest BCUT2D eigenvalue weighted by molar-refractivity contribution is -0.0262. The molecule has 0 spiro atoms. The molecule has 134 valence electrons. The zero-order valence-corrected chi connectivity index (χ0v) is 15.7. The second-order valence-corrected chi connectivity index (χ2v) is 8.12. The number of piperidine rings is 1. The molecule has 0 saturated carbocycles. The van der Waals surface area contributed by atoms with Crippen LogP contribution in [0.5, 0.6) is 5.75 Å². The fourth-order valence-electron chi connectivity index (χ4n) is 2.81. The van der Waals surface area contributed by atoms with Gasteiger partial charge in [-0.05, 0) is 34.6 Å². The van der Waals surface area contributed by atoms with Gasteiger partial charge in [0, 0.05) is 31.0 Å². The highest BCUT2D eigenvalue weighted by Crippen LogP contribution is 2.34. The molecule has 1 aliphatic heterocycles. The molecule has 1 amide bonds. The summed E-state index contributed by atoms with van der Waals surface area (Å²) in [5.41, 5.74) is 4.80. The van der Waals surface area contributed by atoms with E-state index in [1.807, 2.05) is 34.6 Å². The number of amides is 1. The van der Waals surface area contributed by atoms with Crippen molar-refractivity contribution in [1.29, 1.82) is 0 Å². The molecular weight excluding hydrogens is 330 g/mol. The summed E-state index contributed by atoms with van der Waals surface area (Å²) in [6.07, 6.45) is 2.49. The van der Waals surface area contributed by atoms with Crippen LogP contribution in [0.3, 0.4) is 0 Å². The lowest BCUT2D eigenvalue weighted by Crippen LogP contribution is -2.56. The van der Waals surface area contributed by atoms with Gasteiger partial charge >= 0.3 is 6.09 Å². The first kappa shape index (κ1) is 18.6. The highest BCUT2D eigenvalue weighted by Gasteiger charge is 2.40. The van der Waals surface area contributed by atoms with Gasteiger partial charge in [-0.15, -0.1) is 0 Å². The molecule has 7 heteroatoms. The molecule has 0 bridgehead atoms. The number of likely N-dealkylation sites (tertiary alicyclic amines) is 1. The Bertz CT molecular complexity index is 614. The van der Waals surface area contributed by atoms with E-state index in [1.165, 1.54) is 6.20 Å². The molecule has 2 N–H and O–H groups in total. The van der Waals surface area contributed by atoms with Crippen LogP contribution in [-0.4, -0.2) is 39.8 Å². The molecule has 0 aromatic carbocycles. The Morgan fingerprint density at radius 1 is 1.46 bits per heavy atom. The van der Waals surface area contributed by atoms with Gasteiger partial charge < -0.3 is 20.1 Å². The van der Waals surface area contributed by atoms with Crippen LogP contribution in [0.1, 0.15) is 47.5 Å². The Morgan fingerprint density at radius 2 is 2.12 bits per heavy atom. The molecule has 1 aliphatic rings. The highest BCUT2D eigenvalue weighted by molar-refractivity contribution is 6.31. The first-order chi connectivity index (χ1) is 11.0. The third-order valence-electron chi connectivity index (χ3n) is 3.88. The number of halogens is 1. The van der Waals surface area contributed by atoms with Crippen LogP contribution in [0.4, 0.5) is 10.6 Å². The minimum atomic E-state index is -0.511. The van der Waals surface area contributed by atoms with E-state index in [1.54, 1.807) is 11.0 Å². The van der Waals surface area contributed by atoms with Gasteiger partial charge in [0.05, 0.1) is 6.20 Å². The molecule has 6 nitrogen and oxygen atoms in total. The molecule has 2 rings (SSSR count). The van der Waals surface area contributed by atoms with Crippen LogP contribution >= 0.6 is 11.6 Å². The van der Waals surface area contributed by atoms with Crippen LogP contribution in [0, 0.1) is 0 Å². The number of hydrogen-bond acceptors (Lipinski definition) is 5. The second kappa shape index (κ2) is 6.67. The summed E-state index contributed by atoms with van der Waals surface area (Å²) in [4.78, 5) is 18.1. The van der Waals surface area contributed by atoms with Crippen molar-refractivity contribution in [3.8, 4) is 5.75 Å². The zero-order valence-electron chi connectivity index (χ0n) is 14.9. The molecule has 1 fully saturated rings. The van der Waals surface area contributed by atoms with Gasteiger partial charge in [-0.1, -0.05) is 11.6 Å². The number of carbonyl (C=O) groups excluding carboxylic acids is 1. The van der Waals surface area contributed by atoms with E-state index >= 15 is 0 Å². The van der Waals surface area contributed by atoms with Crippen molar-refractivity contribution in [3.63, 3.8) is 0 Å². The molecule has 1 aromatic heterocycles. The third-order valence-corrected chi connectivity index (χ3v) is 4.17. The minimum absolute atomic E-state index is 0.0574. The van der Waals surface area contributed by atoms with Crippen molar-refractivity contribution in [1.82, 2.24) is 9.88 Å². The summed E-state index contributed by atoms with van der Waals surface area (Å²) in [6.45, 7) is 10.2. The Morgan fingerprint density at radius 3 is 2.71 bits per heavy atom. The van der Waals surface area contributed by atoms with E-state index in [4.69, 9.17) is 26.8 Å². The van der Waals surface area contributed by atoms with Crippen LogP contribution in [-0.2, 0) is 4.74 Å². The Hall–Kier alpha value is -1.69. The molecule has 1 aromatic rings. The van der Waals surface area contributed by atoms with Gasteiger partial charge in [0.15, 0.2) is 0 Å². The SMILES string of the molecule is CC(C)(C)OC(=O)N1CCC(Oc2cc(N)ncc2Cl)CC1(C)C. The van der Waals surface area contributed by atoms with Gasteiger partial charge in [-0.25, -0.2) is 9.78 Å². The number of nitrogens with zero attached hydrogens (tertiary/aromatic N) is 2. The van der Waals surface area contributed by atoms with E-state index in [2.05, 4.69) is 4.98 Å². The minimum Gasteiger partial charge on any atom is -0.489 e. The number of ether oxygens (including phenoxy) is 2. The van der Waals surface area contributed by atoms with E-state index in [0.717, 1.165) is 0 Å². The summed E-state index contributed by atoms with van der Waals surface area (Å²) < 4.78 is 11.5. The number of aromatic nitrogens is 1. The number of carbonyl (C=O) groups is 1. The van der Waals surface area contributed by atoms with Crippen molar-refractivity contribution in [3.05, 3.63) is 17.3 Å². The number of anilines is 1. The van der Waals surface area contributed by atoms with E-state index in [0.29, 0.717) is 36.0 Å². The zero-order chi connectivity index (χ0) is 18.1. The maximum Gasteiger partial charge on any atom is 0.410 e. The van der Waals surface area contributed by atoms with Crippen molar-refractivity contribution < 1.29 is 14.3 Å². The number of rotatable bonds is 2. The lowest BCUT2D eigenvalue weighted by atomic mass is 9.89. The molecule has 1 unspecified atom stereocenters. The molecule has 0 aliphatic carbocycles. The van der Waals surface area contributed by atoms with Crippen LogP contribution < -0.4 is 10.5 Å². The van der Waals surface area contributed by atoms with E-state index < -0.39 is 5.60 Å². The number of hydrogen-bond donors (Lipinski definition) is 1. The smallest absolute Gasteiger partial charge is 0.410 e. The normalized spacial score (nSPS) is 20.6. The van der Waals surface area contributed by atoms with E-state index in [9.17, 15) is 4.79 Å². The van der Waals surface area contributed by atoms with Gasteiger partial charge in [-0.2, -0.15) is 0 Å². The average Bonchev–Trinajstić information content (AvgIpc) is 2.39. The van der Waals surface area contributed by atoms with Gasteiger partial charge in [-0.3, -0.25) is 0 Å². The van der Waals surface area contributed by atoms with Crippen molar-refractivity contribution in [2.45, 2.75) is 64.7 Å². The molecule has 0 radical (unpaired) electrons. The van der Waals surface area contributed by atoms with Gasteiger partial charge in [0.1, 0.15) is 28.3 Å². The van der Waals surface area contributed by atoms with Crippen LogP contribution in [0.2, 0.25) is 5.02 Å². The summed E-state index contributed by atoms with van der Waals surface area (Å²) in [7, 11) is 0. The summed E-state index contributed by atoms with van der Waals surface area (Å²) >= 11 is 6.11. The topological polar surface area (TPSA) is 77.7 Å². The second-order valence-electron chi connectivity index (χ2n) is 7.72. The maximum atomic E-state index is 12.4. The molecule has 1 atom stereocenters. The van der Waals surface area contributed by atoms with E-state index in [-0.39, 0.29) is 17.7 Å². The summed E-state index contributed by atoms with van der Waals surface area (Å²) in [5.74, 6) is 0.885.